The highest BCUT2D eigenvalue weighted by Gasteiger charge is 2.49. The lowest BCUT2D eigenvalue weighted by Gasteiger charge is -2.45. The Morgan fingerprint density at radius 2 is 1.83 bits per heavy atom. The van der Waals surface area contributed by atoms with Crippen LogP contribution in [0.1, 0.15) is 25.0 Å². The summed E-state index contributed by atoms with van der Waals surface area (Å²) in [6, 6.07) is 8.41. The molecule has 0 saturated carbocycles. The van der Waals surface area contributed by atoms with E-state index in [4.69, 9.17) is 9.47 Å². The van der Waals surface area contributed by atoms with Gasteiger partial charge in [-0.15, -0.1) is 0 Å². The van der Waals surface area contributed by atoms with E-state index in [2.05, 4.69) is 48.3 Å². The Labute approximate surface area is 144 Å². The molecule has 2 aliphatic rings. The van der Waals surface area contributed by atoms with Crippen LogP contribution in [0.25, 0.3) is 0 Å². The Morgan fingerprint density at radius 3 is 2.38 bits per heavy atom. The number of hydrogen-bond acceptors (Lipinski definition) is 4. The van der Waals surface area contributed by atoms with E-state index in [1.807, 2.05) is 0 Å². The fourth-order valence-corrected chi connectivity index (χ4v) is 4.08. The molecule has 1 saturated heterocycles. The van der Waals surface area contributed by atoms with Gasteiger partial charge in [0.15, 0.2) is 0 Å². The number of nitrogens with one attached hydrogen (secondary N) is 1. The number of fused-ring (bicyclic) bond motifs is 1. The Bertz CT molecular complexity index is 555. The lowest BCUT2D eigenvalue weighted by molar-refractivity contribution is -0.144. The molecule has 1 aliphatic heterocycles. The monoisotopic (exact) mass is 332 g/mol. The number of ether oxygens (including phenoxy) is 2. The van der Waals surface area contributed by atoms with E-state index < -0.39 is 5.54 Å². The minimum Gasteiger partial charge on any atom is -0.383 e. The first-order valence-corrected chi connectivity index (χ1v) is 8.79. The molecule has 2 atom stereocenters. The third-order valence-corrected chi connectivity index (χ3v) is 5.12. The second-order valence-electron chi connectivity index (χ2n) is 7.06. The number of hydrogen-bond donors (Lipinski definition) is 1. The molecular formula is C19H28N2O3. The maximum atomic E-state index is 13.2. The smallest absolute Gasteiger partial charge is 0.241 e. The lowest BCUT2D eigenvalue weighted by Crippen LogP contribution is -2.64. The molecule has 5 nitrogen and oxygen atoms in total. The zero-order chi connectivity index (χ0) is 17.2. The highest BCUT2D eigenvalue weighted by atomic mass is 16.5. The van der Waals surface area contributed by atoms with Gasteiger partial charge in [-0.05, 0) is 25.0 Å². The van der Waals surface area contributed by atoms with Gasteiger partial charge in [-0.2, -0.15) is 0 Å². The van der Waals surface area contributed by atoms with E-state index in [0.717, 1.165) is 25.9 Å². The maximum absolute atomic E-state index is 13.2. The van der Waals surface area contributed by atoms with Crippen LogP contribution in [0.2, 0.25) is 0 Å². The van der Waals surface area contributed by atoms with Gasteiger partial charge in [0.1, 0.15) is 5.54 Å². The van der Waals surface area contributed by atoms with Gasteiger partial charge in [-0.25, -0.2) is 0 Å². The van der Waals surface area contributed by atoms with Gasteiger partial charge < -0.3 is 14.8 Å². The topological polar surface area (TPSA) is 50.8 Å². The van der Waals surface area contributed by atoms with Crippen LogP contribution in [0.4, 0.5) is 0 Å². The molecule has 1 amide bonds. The number of rotatable bonds is 5. The highest BCUT2D eigenvalue weighted by Crippen LogP contribution is 2.36. The minimum atomic E-state index is -0.510. The normalized spacial score (nSPS) is 26.1. The van der Waals surface area contributed by atoms with Gasteiger partial charge in [0.25, 0.3) is 0 Å². The summed E-state index contributed by atoms with van der Waals surface area (Å²) in [5.74, 6) is 0.108. The van der Waals surface area contributed by atoms with Crippen LogP contribution in [-0.2, 0) is 27.1 Å². The number of carbonyl (C=O) groups excluding carboxylic acids is 1. The van der Waals surface area contributed by atoms with Gasteiger partial charge in [0, 0.05) is 39.6 Å². The third kappa shape index (κ3) is 3.34. The summed E-state index contributed by atoms with van der Waals surface area (Å²) in [4.78, 5) is 15.5. The first-order valence-electron chi connectivity index (χ1n) is 8.79. The number of morpholine rings is 1. The molecule has 5 heteroatoms. The van der Waals surface area contributed by atoms with E-state index in [9.17, 15) is 4.79 Å². The van der Waals surface area contributed by atoms with Gasteiger partial charge in [-0.3, -0.25) is 9.69 Å². The van der Waals surface area contributed by atoms with E-state index in [1.165, 1.54) is 11.1 Å². The average molecular weight is 332 g/mol. The molecule has 0 radical (unpaired) electrons. The van der Waals surface area contributed by atoms with E-state index in [-0.39, 0.29) is 18.1 Å². The molecular weight excluding hydrogens is 304 g/mol. The second kappa shape index (κ2) is 7.21. The molecule has 2 unspecified atom stereocenters. The van der Waals surface area contributed by atoms with Crippen molar-refractivity contribution in [3.63, 3.8) is 0 Å². The van der Waals surface area contributed by atoms with Gasteiger partial charge in [-0.1, -0.05) is 24.3 Å². The summed E-state index contributed by atoms with van der Waals surface area (Å²) in [5, 5.41) is 3.08. The van der Waals surface area contributed by atoms with Crippen LogP contribution in [0.5, 0.6) is 0 Å². The predicted octanol–water partition coefficient (Wildman–Crippen LogP) is 1.40. The Hall–Kier alpha value is -1.43. The highest BCUT2D eigenvalue weighted by molar-refractivity contribution is 5.88. The van der Waals surface area contributed by atoms with Crippen molar-refractivity contribution in [3.05, 3.63) is 35.4 Å². The van der Waals surface area contributed by atoms with Crippen molar-refractivity contribution in [2.45, 2.75) is 44.4 Å². The Balaban J connectivity index is 1.86. The van der Waals surface area contributed by atoms with Crippen molar-refractivity contribution in [1.29, 1.82) is 0 Å². The second-order valence-corrected chi connectivity index (χ2v) is 7.06. The Kier molecular flexibility index (Phi) is 5.23. The number of nitrogens with zero attached hydrogens (tertiary/aromatic N) is 1. The molecule has 1 aromatic carbocycles. The molecule has 1 aliphatic carbocycles. The number of methoxy groups -OCH3 is 1. The van der Waals surface area contributed by atoms with Gasteiger partial charge in [0.05, 0.1) is 18.8 Å². The molecule has 1 fully saturated rings. The summed E-state index contributed by atoms with van der Waals surface area (Å²) in [7, 11) is 1.65. The van der Waals surface area contributed by atoms with E-state index in [0.29, 0.717) is 13.2 Å². The Morgan fingerprint density at radius 1 is 1.25 bits per heavy atom. The molecule has 0 spiro atoms. The molecule has 1 heterocycles. The van der Waals surface area contributed by atoms with Crippen molar-refractivity contribution in [2.75, 3.05) is 33.4 Å². The lowest BCUT2D eigenvalue weighted by atomic mass is 9.90. The summed E-state index contributed by atoms with van der Waals surface area (Å²) in [5.41, 5.74) is 2.06. The summed E-state index contributed by atoms with van der Waals surface area (Å²) < 4.78 is 11.0. The van der Waals surface area contributed by atoms with Crippen LogP contribution in [0.3, 0.4) is 0 Å². The quantitative estimate of drug-likeness (QED) is 0.828. The van der Waals surface area contributed by atoms with Gasteiger partial charge in [0.2, 0.25) is 5.91 Å². The molecule has 1 aromatic rings. The predicted molar refractivity (Wildman–Crippen MR) is 93.0 cm³/mol. The molecule has 24 heavy (non-hydrogen) atoms. The molecule has 132 valence electrons. The number of amides is 1. The summed E-state index contributed by atoms with van der Waals surface area (Å²) in [6.07, 6.45) is 1.81. The molecule has 0 aromatic heterocycles. The van der Waals surface area contributed by atoms with Crippen LogP contribution in [-0.4, -0.2) is 61.9 Å². The van der Waals surface area contributed by atoms with Crippen molar-refractivity contribution < 1.29 is 14.3 Å². The SMILES string of the molecule is COCCNC(=O)C1(N2CC(C)OC(C)C2)Cc2ccccc2C1. The average Bonchev–Trinajstić information content (AvgIpc) is 2.95. The fraction of sp³-hybridized carbons (Fsp3) is 0.632. The van der Waals surface area contributed by atoms with Gasteiger partial charge >= 0.3 is 0 Å². The molecule has 1 N–H and O–H groups in total. The van der Waals surface area contributed by atoms with Crippen molar-refractivity contribution >= 4 is 5.91 Å². The van der Waals surface area contributed by atoms with Crippen LogP contribution >= 0.6 is 0 Å². The number of benzene rings is 1. The van der Waals surface area contributed by atoms with E-state index >= 15 is 0 Å². The standard InChI is InChI=1S/C19H28N2O3/c1-14-12-21(13-15(2)24-14)19(18(22)20-8-9-23-3)10-16-6-4-5-7-17(16)11-19/h4-7,14-15H,8-13H2,1-3H3,(H,20,22). The zero-order valence-corrected chi connectivity index (χ0v) is 14.9. The third-order valence-electron chi connectivity index (χ3n) is 5.12. The van der Waals surface area contributed by atoms with Crippen LogP contribution < -0.4 is 5.32 Å². The fourth-order valence-electron chi connectivity index (χ4n) is 4.08. The first-order chi connectivity index (χ1) is 11.5. The van der Waals surface area contributed by atoms with Crippen molar-refractivity contribution in [2.24, 2.45) is 0 Å². The van der Waals surface area contributed by atoms with Crippen LogP contribution in [0, 0.1) is 0 Å². The largest absolute Gasteiger partial charge is 0.383 e. The molecule has 3 rings (SSSR count). The zero-order valence-electron chi connectivity index (χ0n) is 14.9. The number of carbonyl (C=O) groups is 1. The summed E-state index contributed by atoms with van der Waals surface area (Å²) in [6.45, 7) is 6.82. The van der Waals surface area contributed by atoms with Crippen molar-refractivity contribution in [3.8, 4) is 0 Å². The summed E-state index contributed by atoms with van der Waals surface area (Å²) >= 11 is 0. The van der Waals surface area contributed by atoms with Crippen molar-refractivity contribution in [1.82, 2.24) is 10.2 Å². The molecule has 0 bridgehead atoms. The van der Waals surface area contributed by atoms with E-state index in [1.54, 1.807) is 7.11 Å². The maximum Gasteiger partial charge on any atom is 0.241 e. The minimum absolute atomic E-state index is 0.108. The van der Waals surface area contributed by atoms with Crippen LogP contribution in [0.15, 0.2) is 24.3 Å². The first kappa shape index (κ1) is 17.4.